The zero-order chi connectivity index (χ0) is 13.1. The SMILES string of the molecule is Cc1ccc(C(C)NCc2cc(C(=O)O)co2)o1. The molecule has 0 radical (unpaired) electrons. The monoisotopic (exact) mass is 249 g/mol. The van der Waals surface area contributed by atoms with Crippen molar-refractivity contribution in [3.05, 3.63) is 47.3 Å². The number of aromatic carboxylic acids is 1. The van der Waals surface area contributed by atoms with E-state index in [0.717, 1.165) is 11.5 Å². The fraction of sp³-hybridized carbons (Fsp3) is 0.308. The van der Waals surface area contributed by atoms with E-state index in [2.05, 4.69) is 5.32 Å². The lowest BCUT2D eigenvalue weighted by atomic mass is 10.2. The van der Waals surface area contributed by atoms with Gasteiger partial charge in [-0.05, 0) is 32.0 Å². The van der Waals surface area contributed by atoms with Crippen molar-refractivity contribution >= 4 is 5.97 Å². The van der Waals surface area contributed by atoms with Crippen LogP contribution in [0.15, 0.2) is 33.3 Å². The van der Waals surface area contributed by atoms with Crippen molar-refractivity contribution in [3.8, 4) is 0 Å². The summed E-state index contributed by atoms with van der Waals surface area (Å²) >= 11 is 0. The van der Waals surface area contributed by atoms with Gasteiger partial charge in [-0.1, -0.05) is 0 Å². The van der Waals surface area contributed by atoms with Crippen molar-refractivity contribution < 1.29 is 18.7 Å². The van der Waals surface area contributed by atoms with Gasteiger partial charge >= 0.3 is 5.97 Å². The normalized spacial score (nSPS) is 12.6. The highest BCUT2D eigenvalue weighted by molar-refractivity contribution is 5.87. The number of nitrogens with one attached hydrogen (secondary N) is 1. The lowest BCUT2D eigenvalue weighted by Gasteiger charge is -2.09. The van der Waals surface area contributed by atoms with Crippen LogP contribution < -0.4 is 5.32 Å². The average molecular weight is 249 g/mol. The highest BCUT2D eigenvalue weighted by Gasteiger charge is 2.11. The summed E-state index contributed by atoms with van der Waals surface area (Å²) in [7, 11) is 0. The molecule has 0 saturated heterocycles. The van der Waals surface area contributed by atoms with Crippen molar-refractivity contribution in [2.24, 2.45) is 0 Å². The van der Waals surface area contributed by atoms with Gasteiger partial charge < -0.3 is 19.3 Å². The first-order valence-electron chi connectivity index (χ1n) is 5.66. The number of carbonyl (C=O) groups is 1. The number of rotatable bonds is 5. The molecular weight excluding hydrogens is 234 g/mol. The van der Waals surface area contributed by atoms with Crippen LogP contribution >= 0.6 is 0 Å². The zero-order valence-electron chi connectivity index (χ0n) is 10.3. The van der Waals surface area contributed by atoms with E-state index in [1.54, 1.807) is 0 Å². The maximum Gasteiger partial charge on any atom is 0.338 e. The Labute approximate surface area is 104 Å². The van der Waals surface area contributed by atoms with Crippen LogP contribution in [0.2, 0.25) is 0 Å². The summed E-state index contributed by atoms with van der Waals surface area (Å²) in [6.45, 7) is 4.31. The molecule has 0 amide bonds. The molecule has 2 heterocycles. The molecule has 0 aliphatic heterocycles. The third-order valence-corrected chi connectivity index (χ3v) is 2.67. The van der Waals surface area contributed by atoms with Crippen LogP contribution in [-0.4, -0.2) is 11.1 Å². The summed E-state index contributed by atoms with van der Waals surface area (Å²) < 4.78 is 10.6. The quantitative estimate of drug-likeness (QED) is 0.852. The second-order valence-corrected chi connectivity index (χ2v) is 4.16. The molecule has 0 aliphatic rings. The van der Waals surface area contributed by atoms with Crippen LogP contribution in [0.25, 0.3) is 0 Å². The van der Waals surface area contributed by atoms with E-state index in [4.69, 9.17) is 13.9 Å². The Morgan fingerprint density at radius 2 is 2.28 bits per heavy atom. The average Bonchev–Trinajstić information content (AvgIpc) is 2.94. The second-order valence-electron chi connectivity index (χ2n) is 4.16. The van der Waals surface area contributed by atoms with Crippen molar-refractivity contribution in [3.63, 3.8) is 0 Å². The molecule has 1 unspecified atom stereocenters. The minimum atomic E-state index is -0.986. The second kappa shape index (κ2) is 5.10. The standard InChI is InChI=1S/C13H15NO4/c1-8-3-4-12(18-8)9(2)14-6-11-5-10(7-17-11)13(15)16/h3-5,7,9,14H,6H2,1-2H3,(H,15,16). The molecule has 2 rings (SSSR count). The molecule has 0 spiro atoms. The minimum Gasteiger partial charge on any atom is -0.478 e. The van der Waals surface area contributed by atoms with E-state index < -0.39 is 5.97 Å². The number of carboxylic acid groups (broad SMARTS) is 1. The largest absolute Gasteiger partial charge is 0.478 e. The number of furan rings is 2. The van der Waals surface area contributed by atoms with Gasteiger partial charge in [-0.3, -0.25) is 0 Å². The maximum atomic E-state index is 10.7. The van der Waals surface area contributed by atoms with Gasteiger partial charge in [-0.15, -0.1) is 0 Å². The van der Waals surface area contributed by atoms with Gasteiger partial charge in [0, 0.05) is 0 Å². The summed E-state index contributed by atoms with van der Waals surface area (Å²) in [6.07, 6.45) is 1.24. The zero-order valence-corrected chi connectivity index (χ0v) is 10.3. The van der Waals surface area contributed by atoms with Gasteiger partial charge in [0.1, 0.15) is 23.5 Å². The van der Waals surface area contributed by atoms with Crippen LogP contribution in [0, 0.1) is 6.92 Å². The molecule has 0 fully saturated rings. The molecule has 18 heavy (non-hydrogen) atoms. The Bertz CT molecular complexity index is 541. The third-order valence-electron chi connectivity index (χ3n) is 2.67. The number of hydrogen-bond donors (Lipinski definition) is 2. The van der Waals surface area contributed by atoms with Gasteiger partial charge in [-0.2, -0.15) is 0 Å². The highest BCUT2D eigenvalue weighted by Crippen LogP contribution is 2.16. The van der Waals surface area contributed by atoms with Crippen LogP contribution in [0.4, 0.5) is 0 Å². The van der Waals surface area contributed by atoms with Gasteiger partial charge in [0.15, 0.2) is 0 Å². The van der Waals surface area contributed by atoms with Crippen LogP contribution in [0.5, 0.6) is 0 Å². The molecule has 2 aromatic rings. The van der Waals surface area contributed by atoms with Crippen LogP contribution in [0.1, 0.15) is 40.6 Å². The Hall–Kier alpha value is -2.01. The lowest BCUT2D eigenvalue weighted by Crippen LogP contribution is -2.17. The first kappa shape index (κ1) is 12.4. The maximum absolute atomic E-state index is 10.7. The first-order valence-corrected chi connectivity index (χ1v) is 5.66. The molecule has 5 nitrogen and oxygen atoms in total. The molecule has 0 bridgehead atoms. The predicted molar refractivity (Wildman–Crippen MR) is 64.4 cm³/mol. The van der Waals surface area contributed by atoms with Gasteiger partial charge in [-0.25, -0.2) is 4.79 Å². The van der Waals surface area contributed by atoms with Crippen molar-refractivity contribution in [2.45, 2.75) is 26.4 Å². The van der Waals surface area contributed by atoms with Crippen LogP contribution in [-0.2, 0) is 6.54 Å². The van der Waals surface area contributed by atoms with Crippen LogP contribution in [0.3, 0.4) is 0 Å². The molecule has 2 aromatic heterocycles. The van der Waals surface area contributed by atoms with Crippen molar-refractivity contribution in [2.75, 3.05) is 0 Å². The smallest absolute Gasteiger partial charge is 0.338 e. The number of hydrogen-bond acceptors (Lipinski definition) is 4. The highest BCUT2D eigenvalue weighted by atomic mass is 16.4. The molecule has 0 aromatic carbocycles. The Morgan fingerprint density at radius 3 is 2.83 bits per heavy atom. The van der Waals surface area contributed by atoms with Gasteiger partial charge in [0.2, 0.25) is 0 Å². The van der Waals surface area contributed by atoms with Crippen molar-refractivity contribution in [1.82, 2.24) is 5.32 Å². The summed E-state index contributed by atoms with van der Waals surface area (Å²) in [5, 5.41) is 12.0. The molecule has 5 heteroatoms. The Balaban J connectivity index is 1.92. The summed E-state index contributed by atoms with van der Waals surface area (Å²) in [5.41, 5.74) is 0.160. The third kappa shape index (κ3) is 2.81. The fourth-order valence-corrected chi connectivity index (χ4v) is 1.63. The van der Waals surface area contributed by atoms with E-state index in [-0.39, 0.29) is 11.6 Å². The molecule has 96 valence electrons. The Morgan fingerprint density at radius 1 is 1.50 bits per heavy atom. The Kier molecular flexibility index (Phi) is 3.53. The summed E-state index contributed by atoms with van der Waals surface area (Å²) in [5.74, 6) is 1.31. The molecule has 0 aliphatic carbocycles. The molecule has 1 atom stereocenters. The topological polar surface area (TPSA) is 75.6 Å². The molecular formula is C13H15NO4. The number of carboxylic acids is 1. The predicted octanol–water partition coefficient (Wildman–Crippen LogP) is 2.73. The molecule has 2 N–H and O–H groups in total. The van der Waals surface area contributed by atoms with E-state index in [1.165, 1.54) is 12.3 Å². The van der Waals surface area contributed by atoms with Crippen molar-refractivity contribution in [1.29, 1.82) is 0 Å². The van der Waals surface area contributed by atoms with E-state index in [9.17, 15) is 4.79 Å². The fourth-order valence-electron chi connectivity index (χ4n) is 1.63. The number of aryl methyl sites for hydroxylation is 1. The summed E-state index contributed by atoms with van der Waals surface area (Å²) in [6, 6.07) is 5.37. The lowest BCUT2D eigenvalue weighted by molar-refractivity contribution is 0.0696. The summed E-state index contributed by atoms with van der Waals surface area (Å²) in [4.78, 5) is 10.7. The minimum absolute atomic E-state index is 0.0390. The van der Waals surface area contributed by atoms with Gasteiger partial charge in [0.05, 0.1) is 18.2 Å². The van der Waals surface area contributed by atoms with E-state index >= 15 is 0 Å². The first-order chi connectivity index (χ1) is 8.56. The molecule has 0 saturated carbocycles. The van der Waals surface area contributed by atoms with Gasteiger partial charge in [0.25, 0.3) is 0 Å². The van der Waals surface area contributed by atoms with E-state index in [1.807, 2.05) is 26.0 Å². The van der Waals surface area contributed by atoms with E-state index in [0.29, 0.717) is 12.3 Å².